The highest BCUT2D eigenvalue weighted by Gasteiger charge is 2.33. The molecule has 0 aromatic heterocycles. The van der Waals surface area contributed by atoms with Gasteiger partial charge in [-0.25, -0.2) is 4.79 Å². The molecule has 0 aliphatic heterocycles. The van der Waals surface area contributed by atoms with E-state index in [1.54, 1.807) is 13.8 Å². The summed E-state index contributed by atoms with van der Waals surface area (Å²) in [5, 5.41) is 24.7. The van der Waals surface area contributed by atoms with Gasteiger partial charge in [0, 0.05) is 6.42 Å². The van der Waals surface area contributed by atoms with Gasteiger partial charge in [0.25, 0.3) is 0 Å². The van der Waals surface area contributed by atoms with Crippen molar-refractivity contribution in [2.24, 2.45) is 23.1 Å². The highest BCUT2D eigenvalue weighted by molar-refractivity contribution is 5.95. The van der Waals surface area contributed by atoms with Gasteiger partial charge in [0.2, 0.25) is 29.5 Å². The number of hydrogen-bond donors (Lipinski definition) is 8. The molecule has 5 unspecified atom stereocenters. The Morgan fingerprint density at radius 3 is 1.79 bits per heavy atom. The number of hydrogen-bond acceptors (Lipinski definition) is 8. The quantitative estimate of drug-likeness (QED) is 0.106. The second-order valence-corrected chi connectivity index (χ2v) is 7.71. The molecular weight excluding hydrogens is 456 g/mol. The van der Waals surface area contributed by atoms with E-state index in [4.69, 9.17) is 27.4 Å². The number of carbonyl (C=O) groups is 7. The minimum atomic E-state index is -1.74. The fraction of sp³-hybridized carbons (Fsp3) is 0.632. The van der Waals surface area contributed by atoms with Crippen LogP contribution in [0.15, 0.2) is 0 Å². The van der Waals surface area contributed by atoms with Gasteiger partial charge in [0.05, 0.1) is 18.9 Å². The number of nitrogens with one attached hydrogen (secondary N) is 3. The first-order valence-electron chi connectivity index (χ1n) is 10.4. The number of primary amides is 2. The second kappa shape index (κ2) is 14.4. The lowest BCUT2D eigenvalue weighted by atomic mass is 9.97. The van der Waals surface area contributed by atoms with E-state index in [2.05, 4.69) is 16.0 Å². The van der Waals surface area contributed by atoms with Crippen molar-refractivity contribution in [1.29, 1.82) is 0 Å². The van der Waals surface area contributed by atoms with E-state index in [0.717, 1.165) is 0 Å². The van der Waals surface area contributed by atoms with Crippen molar-refractivity contribution in [3.8, 4) is 0 Å². The summed E-state index contributed by atoms with van der Waals surface area (Å²) in [4.78, 5) is 82.1. The van der Waals surface area contributed by atoms with E-state index in [1.165, 1.54) is 0 Å². The van der Waals surface area contributed by atoms with Crippen LogP contribution in [-0.2, 0) is 33.6 Å². The van der Waals surface area contributed by atoms with Gasteiger partial charge >= 0.3 is 11.9 Å². The summed E-state index contributed by atoms with van der Waals surface area (Å²) in [6, 6.07) is -5.80. The fourth-order valence-electron chi connectivity index (χ4n) is 2.74. The fourth-order valence-corrected chi connectivity index (χ4v) is 2.74. The Hall–Kier alpha value is -3.75. The number of carbonyl (C=O) groups excluding carboxylic acids is 5. The third-order valence-corrected chi connectivity index (χ3v) is 4.86. The van der Waals surface area contributed by atoms with Crippen LogP contribution in [-0.4, -0.2) is 75.9 Å². The Balaban J connectivity index is 5.65. The topological polar surface area (TPSA) is 274 Å². The molecule has 0 aromatic carbocycles. The third kappa shape index (κ3) is 11.2. The van der Waals surface area contributed by atoms with Gasteiger partial charge in [0.1, 0.15) is 18.1 Å². The maximum Gasteiger partial charge on any atom is 0.326 e. The summed E-state index contributed by atoms with van der Waals surface area (Å²) in [5.74, 6) is -7.99. The van der Waals surface area contributed by atoms with Gasteiger partial charge in [0.15, 0.2) is 0 Å². The van der Waals surface area contributed by atoms with Crippen LogP contribution < -0.4 is 33.2 Å². The van der Waals surface area contributed by atoms with Crippen LogP contribution in [0.25, 0.3) is 0 Å². The van der Waals surface area contributed by atoms with E-state index in [9.17, 15) is 33.6 Å². The molecule has 0 aromatic rings. The highest BCUT2D eigenvalue weighted by Crippen LogP contribution is 2.10. The van der Waals surface area contributed by atoms with Crippen molar-refractivity contribution in [1.82, 2.24) is 16.0 Å². The van der Waals surface area contributed by atoms with Crippen molar-refractivity contribution in [3.63, 3.8) is 0 Å². The van der Waals surface area contributed by atoms with Gasteiger partial charge < -0.3 is 43.4 Å². The molecule has 5 amide bonds. The normalized spacial score (nSPS) is 15.0. The molecule has 15 heteroatoms. The standard InChI is InChI=1S/C19H32N6O9/c1-3-8(2)15(18(32)24-11(19(33)34)7-14(28)29)25-17(31)10(4-5-12(21)26)23-16(30)9(20)6-13(22)27/h8-11,15H,3-7,20H2,1-2H3,(H2,21,26)(H2,22,27)(H,23,30)(H,24,32)(H,25,31)(H,28,29)(H,33,34). The Labute approximate surface area is 195 Å². The molecule has 0 aliphatic carbocycles. The summed E-state index contributed by atoms with van der Waals surface area (Å²) in [5.41, 5.74) is 15.7. The molecule has 0 rings (SSSR count). The summed E-state index contributed by atoms with van der Waals surface area (Å²) in [7, 11) is 0. The van der Waals surface area contributed by atoms with E-state index >= 15 is 0 Å². The van der Waals surface area contributed by atoms with Crippen molar-refractivity contribution in [2.75, 3.05) is 0 Å². The van der Waals surface area contributed by atoms with Crippen molar-refractivity contribution >= 4 is 41.5 Å². The molecule has 0 fully saturated rings. The molecule has 0 saturated heterocycles. The minimum Gasteiger partial charge on any atom is -0.481 e. The number of carboxylic acids is 2. The Morgan fingerprint density at radius 2 is 1.35 bits per heavy atom. The third-order valence-electron chi connectivity index (χ3n) is 4.86. The predicted octanol–water partition coefficient (Wildman–Crippen LogP) is -3.49. The zero-order chi connectivity index (χ0) is 26.6. The molecular formula is C19H32N6O9. The van der Waals surface area contributed by atoms with Gasteiger partial charge in [-0.3, -0.25) is 28.8 Å². The predicted molar refractivity (Wildman–Crippen MR) is 115 cm³/mol. The molecule has 11 N–H and O–H groups in total. The van der Waals surface area contributed by atoms with Crippen LogP contribution in [0.4, 0.5) is 0 Å². The van der Waals surface area contributed by atoms with E-state index in [0.29, 0.717) is 6.42 Å². The summed E-state index contributed by atoms with van der Waals surface area (Å²) in [6.07, 6.45) is -1.62. The van der Waals surface area contributed by atoms with E-state index in [1.807, 2.05) is 0 Å². The van der Waals surface area contributed by atoms with E-state index in [-0.39, 0.29) is 12.8 Å². The lowest BCUT2D eigenvalue weighted by molar-refractivity contribution is -0.147. The molecule has 5 atom stereocenters. The number of nitrogens with two attached hydrogens (primary N) is 3. The summed E-state index contributed by atoms with van der Waals surface area (Å²) in [6.45, 7) is 3.27. The number of aliphatic carboxylic acids is 2. The Kier molecular flexibility index (Phi) is 12.8. The molecule has 34 heavy (non-hydrogen) atoms. The number of amides is 5. The van der Waals surface area contributed by atoms with Gasteiger partial charge in [-0.05, 0) is 12.3 Å². The first kappa shape index (κ1) is 30.2. The highest BCUT2D eigenvalue weighted by atomic mass is 16.4. The van der Waals surface area contributed by atoms with Gasteiger partial charge in [-0.1, -0.05) is 20.3 Å². The maximum absolute atomic E-state index is 12.9. The summed E-state index contributed by atoms with van der Waals surface area (Å²) >= 11 is 0. The van der Waals surface area contributed by atoms with Crippen molar-refractivity contribution < 1.29 is 43.8 Å². The maximum atomic E-state index is 12.9. The summed E-state index contributed by atoms with van der Waals surface area (Å²) < 4.78 is 0. The lowest BCUT2D eigenvalue weighted by Gasteiger charge is -2.27. The molecule has 0 saturated carbocycles. The molecule has 0 aliphatic rings. The molecule has 0 heterocycles. The number of carboxylic acid groups (broad SMARTS) is 2. The first-order valence-corrected chi connectivity index (χ1v) is 10.4. The van der Waals surface area contributed by atoms with Crippen LogP contribution in [0.3, 0.4) is 0 Å². The van der Waals surface area contributed by atoms with Crippen molar-refractivity contribution in [2.45, 2.75) is 70.1 Å². The monoisotopic (exact) mass is 488 g/mol. The molecule has 0 radical (unpaired) electrons. The van der Waals surface area contributed by atoms with Crippen LogP contribution in [0.2, 0.25) is 0 Å². The molecule has 15 nitrogen and oxygen atoms in total. The average Bonchev–Trinajstić information content (AvgIpc) is 2.72. The van der Waals surface area contributed by atoms with E-state index < -0.39 is 84.4 Å². The average molecular weight is 488 g/mol. The largest absolute Gasteiger partial charge is 0.481 e. The molecule has 0 spiro atoms. The SMILES string of the molecule is CCC(C)C(NC(=O)C(CCC(N)=O)NC(=O)C(N)CC(N)=O)C(=O)NC(CC(=O)O)C(=O)O. The lowest BCUT2D eigenvalue weighted by Crippen LogP contribution is -2.59. The molecule has 192 valence electrons. The minimum absolute atomic E-state index is 0.262. The van der Waals surface area contributed by atoms with Gasteiger partial charge in [-0.15, -0.1) is 0 Å². The van der Waals surface area contributed by atoms with Crippen molar-refractivity contribution in [3.05, 3.63) is 0 Å². The van der Waals surface area contributed by atoms with Crippen LogP contribution in [0.5, 0.6) is 0 Å². The smallest absolute Gasteiger partial charge is 0.326 e. The number of rotatable bonds is 16. The zero-order valence-electron chi connectivity index (χ0n) is 18.9. The van der Waals surface area contributed by atoms with Crippen LogP contribution in [0.1, 0.15) is 46.0 Å². The van der Waals surface area contributed by atoms with Crippen LogP contribution in [0, 0.1) is 5.92 Å². The van der Waals surface area contributed by atoms with Gasteiger partial charge in [-0.2, -0.15) is 0 Å². The zero-order valence-corrected chi connectivity index (χ0v) is 18.9. The Bertz CT molecular complexity index is 803. The molecule has 0 bridgehead atoms. The first-order chi connectivity index (χ1) is 15.7. The van der Waals surface area contributed by atoms with Crippen LogP contribution >= 0.6 is 0 Å². The second-order valence-electron chi connectivity index (χ2n) is 7.71. The Morgan fingerprint density at radius 1 is 0.794 bits per heavy atom.